The Morgan fingerprint density at radius 1 is 1.29 bits per heavy atom. The van der Waals surface area contributed by atoms with Gasteiger partial charge in [-0.15, -0.1) is 0 Å². The number of alkyl halides is 2. The summed E-state index contributed by atoms with van der Waals surface area (Å²) in [6, 6.07) is 4.76. The zero-order valence-electron chi connectivity index (χ0n) is 9.10. The van der Waals surface area contributed by atoms with Gasteiger partial charge in [-0.05, 0) is 31.2 Å². The molecule has 0 amide bonds. The van der Waals surface area contributed by atoms with Gasteiger partial charge in [0, 0.05) is 11.7 Å². The van der Waals surface area contributed by atoms with Gasteiger partial charge in [-0.25, -0.2) is 8.42 Å². The molecule has 1 rings (SSSR count). The average Bonchev–Trinajstić information content (AvgIpc) is 2.29. The van der Waals surface area contributed by atoms with Gasteiger partial charge in [0.15, 0.2) is 0 Å². The number of anilines is 1. The third kappa shape index (κ3) is 3.37. The molecule has 1 aromatic carbocycles. The van der Waals surface area contributed by atoms with E-state index in [1.807, 2.05) is 0 Å². The molecule has 0 saturated heterocycles. The largest absolute Gasteiger partial charge is 0.394 e. The van der Waals surface area contributed by atoms with Crippen molar-refractivity contribution in [3.63, 3.8) is 0 Å². The summed E-state index contributed by atoms with van der Waals surface area (Å²) >= 11 is 0. The first-order chi connectivity index (χ1) is 7.87. The quantitative estimate of drug-likeness (QED) is 0.846. The summed E-state index contributed by atoms with van der Waals surface area (Å²) in [5, 5.41) is 11.7. The number of rotatable bonds is 5. The molecule has 2 N–H and O–H groups in total. The molecule has 0 aliphatic heterocycles. The third-order valence-corrected chi connectivity index (χ3v) is 3.50. The fourth-order valence-corrected chi connectivity index (χ4v) is 1.90. The van der Waals surface area contributed by atoms with E-state index in [1.165, 1.54) is 12.1 Å². The standard InChI is InChI=1S/C10H13F2NO3S/c1-7(6-14)13-8-2-4-9(5-3-8)17(15,16)10(11)12/h2-5,7,10,13-14H,6H2,1H3. The van der Waals surface area contributed by atoms with Gasteiger partial charge in [-0.1, -0.05) is 0 Å². The molecule has 0 bridgehead atoms. The smallest absolute Gasteiger partial charge is 0.341 e. The van der Waals surface area contributed by atoms with E-state index in [2.05, 4.69) is 5.32 Å². The zero-order chi connectivity index (χ0) is 13.1. The van der Waals surface area contributed by atoms with Gasteiger partial charge in [-0.3, -0.25) is 0 Å². The Morgan fingerprint density at radius 2 is 1.82 bits per heavy atom. The van der Waals surface area contributed by atoms with Crippen molar-refractivity contribution < 1.29 is 22.3 Å². The van der Waals surface area contributed by atoms with E-state index < -0.39 is 20.5 Å². The Kier molecular flexibility index (Phi) is 4.41. The van der Waals surface area contributed by atoms with Crippen LogP contribution in [0.3, 0.4) is 0 Å². The van der Waals surface area contributed by atoms with E-state index >= 15 is 0 Å². The van der Waals surface area contributed by atoms with Crippen molar-refractivity contribution in [1.82, 2.24) is 0 Å². The van der Waals surface area contributed by atoms with Crippen molar-refractivity contribution in [2.45, 2.75) is 23.6 Å². The number of benzene rings is 1. The molecule has 1 unspecified atom stereocenters. The van der Waals surface area contributed by atoms with Crippen LogP contribution in [-0.4, -0.2) is 31.9 Å². The van der Waals surface area contributed by atoms with Gasteiger partial charge in [0.25, 0.3) is 0 Å². The van der Waals surface area contributed by atoms with Gasteiger partial charge in [-0.2, -0.15) is 8.78 Å². The number of sulfone groups is 1. The summed E-state index contributed by atoms with van der Waals surface area (Å²) in [5.74, 6) is -3.42. The van der Waals surface area contributed by atoms with E-state index in [0.717, 1.165) is 12.1 Å². The molecule has 1 aromatic rings. The molecular weight excluding hydrogens is 252 g/mol. The third-order valence-electron chi connectivity index (χ3n) is 2.10. The van der Waals surface area contributed by atoms with E-state index in [4.69, 9.17) is 5.11 Å². The molecule has 0 aliphatic rings. The normalized spacial score (nSPS) is 13.7. The van der Waals surface area contributed by atoms with Crippen LogP contribution in [-0.2, 0) is 9.84 Å². The first kappa shape index (κ1) is 13.9. The highest BCUT2D eigenvalue weighted by molar-refractivity contribution is 7.91. The molecule has 0 fully saturated rings. The Morgan fingerprint density at radius 3 is 2.24 bits per heavy atom. The Balaban J connectivity index is 2.89. The summed E-state index contributed by atoms with van der Waals surface area (Å²) in [7, 11) is -4.54. The molecular formula is C10H13F2NO3S. The predicted molar refractivity (Wildman–Crippen MR) is 59.8 cm³/mol. The van der Waals surface area contributed by atoms with Crippen molar-refractivity contribution in [3.8, 4) is 0 Å². The van der Waals surface area contributed by atoms with Gasteiger partial charge in [0.1, 0.15) is 0 Å². The fourth-order valence-electron chi connectivity index (χ4n) is 1.17. The number of hydrogen-bond donors (Lipinski definition) is 2. The highest BCUT2D eigenvalue weighted by atomic mass is 32.2. The molecule has 0 aliphatic carbocycles. The molecule has 1 atom stereocenters. The summed E-state index contributed by atoms with van der Waals surface area (Å²) in [6.45, 7) is 1.64. The number of halogens is 2. The SMILES string of the molecule is CC(CO)Nc1ccc(S(=O)(=O)C(F)F)cc1. The van der Waals surface area contributed by atoms with Crippen molar-refractivity contribution in [3.05, 3.63) is 24.3 Å². The molecule has 0 aromatic heterocycles. The number of hydrogen-bond acceptors (Lipinski definition) is 4. The van der Waals surface area contributed by atoms with Crippen molar-refractivity contribution in [2.24, 2.45) is 0 Å². The summed E-state index contributed by atoms with van der Waals surface area (Å²) in [5.41, 5.74) is 0.555. The van der Waals surface area contributed by atoms with Crippen LogP contribution in [0.25, 0.3) is 0 Å². The molecule has 7 heteroatoms. The van der Waals surface area contributed by atoms with Crippen molar-refractivity contribution in [2.75, 3.05) is 11.9 Å². The van der Waals surface area contributed by atoms with Gasteiger partial charge < -0.3 is 10.4 Å². The monoisotopic (exact) mass is 265 g/mol. The minimum absolute atomic E-state index is 0.0862. The Hall–Kier alpha value is -1.21. The minimum atomic E-state index is -4.54. The van der Waals surface area contributed by atoms with E-state index in [9.17, 15) is 17.2 Å². The molecule has 0 spiro atoms. The van der Waals surface area contributed by atoms with Crippen LogP contribution >= 0.6 is 0 Å². The fraction of sp³-hybridized carbons (Fsp3) is 0.400. The number of aliphatic hydroxyl groups is 1. The lowest BCUT2D eigenvalue weighted by Gasteiger charge is -2.12. The van der Waals surface area contributed by atoms with Crippen LogP contribution in [0.2, 0.25) is 0 Å². The van der Waals surface area contributed by atoms with Crippen LogP contribution in [0.5, 0.6) is 0 Å². The van der Waals surface area contributed by atoms with Crippen LogP contribution in [0.1, 0.15) is 6.92 Å². The zero-order valence-corrected chi connectivity index (χ0v) is 9.92. The maximum Gasteiger partial charge on any atom is 0.341 e. The van der Waals surface area contributed by atoms with Crippen molar-refractivity contribution >= 4 is 15.5 Å². The molecule has 4 nitrogen and oxygen atoms in total. The molecule has 96 valence electrons. The second-order valence-corrected chi connectivity index (χ2v) is 5.48. The summed E-state index contributed by atoms with van der Waals surface area (Å²) in [6.07, 6.45) is 0. The first-order valence-corrected chi connectivity index (χ1v) is 6.42. The summed E-state index contributed by atoms with van der Waals surface area (Å²) in [4.78, 5) is -0.422. The summed E-state index contributed by atoms with van der Waals surface area (Å²) < 4.78 is 46.7. The van der Waals surface area contributed by atoms with E-state index in [-0.39, 0.29) is 12.6 Å². The van der Waals surface area contributed by atoms with Gasteiger partial charge in [0.2, 0.25) is 9.84 Å². The lowest BCUT2D eigenvalue weighted by Crippen LogP contribution is -2.19. The number of nitrogens with one attached hydrogen (secondary N) is 1. The predicted octanol–water partition coefficient (Wildman–Crippen LogP) is 1.48. The lowest BCUT2D eigenvalue weighted by molar-refractivity contribution is 0.234. The van der Waals surface area contributed by atoms with E-state index in [0.29, 0.717) is 5.69 Å². The second-order valence-electron chi connectivity index (χ2n) is 3.56. The Bertz CT molecular complexity index is 459. The molecule has 0 saturated carbocycles. The molecule has 17 heavy (non-hydrogen) atoms. The minimum Gasteiger partial charge on any atom is -0.394 e. The number of aliphatic hydroxyl groups excluding tert-OH is 1. The van der Waals surface area contributed by atoms with Crippen LogP contribution in [0.15, 0.2) is 29.2 Å². The average molecular weight is 265 g/mol. The van der Waals surface area contributed by atoms with E-state index in [1.54, 1.807) is 6.92 Å². The first-order valence-electron chi connectivity index (χ1n) is 4.87. The highest BCUT2D eigenvalue weighted by Gasteiger charge is 2.26. The lowest BCUT2D eigenvalue weighted by atomic mass is 10.3. The van der Waals surface area contributed by atoms with Gasteiger partial charge in [0.05, 0.1) is 11.5 Å². The van der Waals surface area contributed by atoms with Gasteiger partial charge >= 0.3 is 5.76 Å². The Labute approximate surface area is 98.2 Å². The van der Waals surface area contributed by atoms with Crippen LogP contribution in [0, 0.1) is 0 Å². The van der Waals surface area contributed by atoms with Crippen LogP contribution in [0.4, 0.5) is 14.5 Å². The highest BCUT2D eigenvalue weighted by Crippen LogP contribution is 2.20. The maximum atomic E-state index is 12.2. The molecule has 0 radical (unpaired) electrons. The molecule has 0 heterocycles. The second kappa shape index (κ2) is 5.42. The maximum absolute atomic E-state index is 12.2. The topological polar surface area (TPSA) is 66.4 Å². The van der Waals surface area contributed by atoms with Crippen LogP contribution < -0.4 is 5.32 Å². The van der Waals surface area contributed by atoms with Crippen molar-refractivity contribution in [1.29, 1.82) is 0 Å².